The van der Waals surface area contributed by atoms with Crippen LogP contribution in [-0.4, -0.2) is 20.7 Å². The normalized spacial score (nSPS) is 11.4. The summed E-state index contributed by atoms with van der Waals surface area (Å²) in [7, 11) is 0. The van der Waals surface area contributed by atoms with Gasteiger partial charge in [0.15, 0.2) is 11.5 Å². The largest absolute Gasteiger partial charge is 0.308 e. The van der Waals surface area contributed by atoms with E-state index in [2.05, 4.69) is 15.4 Å². The lowest BCUT2D eigenvalue weighted by Crippen LogP contribution is -2.18. The summed E-state index contributed by atoms with van der Waals surface area (Å²) in [5.74, 6) is 0.467. The Bertz CT molecular complexity index is 820. The summed E-state index contributed by atoms with van der Waals surface area (Å²) >= 11 is 0. The van der Waals surface area contributed by atoms with Gasteiger partial charge in [0.1, 0.15) is 0 Å². The Morgan fingerprint density at radius 3 is 2.81 bits per heavy atom. The van der Waals surface area contributed by atoms with Crippen molar-refractivity contribution in [2.24, 2.45) is 5.92 Å². The van der Waals surface area contributed by atoms with Crippen molar-refractivity contribution in [1.82, 2.24) is 14.8 Å². The Morgan fingerprint density at radius 1 is 1.33 bits per heavy atom. The molecule has 2 aromatic heterocycles. The zero-order valence-electron chi connectivity index (χ0n) is 12.4. The van der Waals surface area contributed by atoms with Crippen molar-refractivity contribution in [3.63, 3.8) is 0 Å². The van der Waals surface area contributed by atoms with E-state index in [0.717, 1.165) is 21.9 Å². The lowest BCUT2D eigenvalue weighted by molar-refractivity contribution is -0.118. The molecule has 21 heavy (non-hydrogen) atoms. The zero-order chi connectivity index (χ0) is 15.0. The average molecular weight is 282 g/mol. The molecule has 0 spiro atoms. The number of carbonyl (C=O) groups is 1. The minimum absolute atomic E-state index is 0.0363. The summed E-state index contributed by atoms with van der Waals surface area (Å²) in [6, 6.07) is 9.97. The average Bonchev–Trinajstić information content (AvgIpc) is 2.82. The van der Waals surface area contributed by atoms with Crippen molar-refractivity contribution in [3.8, 4) is 0 Å². The Balaban J connectivity index is 2.20. The molecule has 0 aliphatic carbocycles. The number of nitrogens with one attached hydrogen (secondary N) is 1. The molecule has 0 aliphatic rings. The molecule has 1 amide bonds. The molecule has 5 heteroatoms. The number of para-hydroxylation sites is 1. The summed E-state index contributed by atoms with van der Waals surface area (Å²) in [5.41, 5.74) is 1.73. The van der Waals surface area contributed by atoms with Crippen molar-refractivity contribution >= 4 is 33.7 Å². The standard InChI is InChI=1S/C16H18N4O/c1-4-20-15-12(14(19-20)18-16(21)10(2)3)9-11-7-5-6-8-13(11)17-15/h5-10H,4H2,1-3H3,(H,18,19,21). The highest BCUT2D eigenvalue weighted by molar-refractivity contribution is 6.03. The summed E-state index contributed by atoms with van der Waals surface area (Å²) in [5, 5.41) is 9.29. The van der Waals surface area contributed by atoms with Gasteiger partial charge in [-0.15, -0.1) is 0 Å². The van der Waals surface area contributed by atoms with Crippen molar-refractivity contribution in [2.75, 3.05) is 5.32 Å². The van der Waals surface area contributed by atoms with E-state index in [1.807, 2.05) is 55.8 Å². The van der Waals surface area contributed by atoms with Crippen LogP contribution in [0.25, 0.3) is 21.9 Å². The number of nitrogens with zero attached hydrogens (tertiary/aromatic N) is 3. The first-order chi connectivity index (χ1) is 10.1. The van der Waals surface area contributed by atoms with Crippen LogP contribution in [0.2, 0.25) is 0 Å². The molecular formula is C16H18N4O. The maximum absolute atomic E-state index is 11.9. The molecule has 3 rings (SSSR count). The first-order valence-corrected chi connectivity index (χ1v) is 7.17. The van der Waals surface area contributed by atoms with Gasteiger partial charge in [-0.1, -0.05) is 32.0 Å². The zero-order valence-corrected chi connectivity index (χ0v) is 12.4. The number of rotatable bonds is 3. The van der Waals surface area contributed by atoms with Crippen LogP contribution in [0.4, 0.5) is 5.82 Å². The maximum atomic E-state index is 11.9. The Kier molecular flexibility index (Phi) is 3.33. The second-order valence-corrected chi connectivity index (χ2v) is 5.36. The van der Waals surface area contributed by atoms with Crippen molar-refractivity contribution in [1.29, 1.82) is 0 Å². The van der Waals surface area contributed by atoms with Gasteiger partial charge in [-0.05, 0) is 19.1 Å². The summed E-state index contributed by atoms with van der Waals surface area (Å²) in [6.45, 7) is 6.45. The van der Waals surface area contributed by atoms with E-state index in [1.165, 1.54) is 0 Å². The molecular weight excluding hydrogens is 264 g/mol. The quantitative estimate of drug-likeness (QED) is 0.802. The van der Waals surface area contributed by atoms with Gasteiger partial charge in [0, 0.05) is 17.8 Å². The number of carbonyl (C=O) groups excluding carboxylic acids is 1. The third kappa shape index (κ3) is 2.35. The number of hydrogen-bond donors (Lipinski definition) is 1. The molecule has 2 heterocycles. The fourth-order valence-electron chi connectivity index (χ4n) is 2.27. The van der Waals surface area contributed by atoms with Crippen LogP contribution in [0, 0.1) is 5.92 Å². The number of benzene rings is 1. The Labute approximate surface area is 123 Å². The molecule has 3 aromatic rings. The second kappa shape index (κ2) is 5.16. The van der Waals surface area contributed by atoms with Crippen LogP contribution >= 0.6 is 0 Å². The molecule has 5 nitrogen and oxygen atoms in total. The van der Waals surface area contributed by atoms with E-state index in [0.29, 0.717) is 12.4 Å². The van der Waals surface area contributed by atoms with E-state index in [-0.39, 0.29) is 11.8 Å². The van der Waals surface area contributed by atoms with E-state index in [4.69, 9.17) is 0 Å². The number of hydrogen-bond acceptors (Lipinski definition) is 3. The number of aromatic nitrogens is 3. The van der Waals surface area contributed by atoms with E-state index >= 15 is 0 Å². The van der Waals surface area contributed by atoms with Gasteiger partial charge in [-0.3, -0.25) is 4.79 Å². The number of amides is 1. The number of aryl methyl sites for hydroxylation is 1. The fraction of sp³-hybridized carbons (Fsp3) is 0.312. The number of pyridine rings is 1. The van der Waals surface area contributed by atoms with Crippen LogP contribution in [0.3, 0.4) is 0 Å². The van der Waals surface area contributed by atoms with Crippen molar-refractivity contribution in [2.45, 2.75) is 27.3 Å². The van der Waals surface area contributed by atoms with Crippen LogP contribution in [0.15, 0.2) is 30.3 Å². The SMILES string of the molecule is CCn1nc(NC(=O)C(C)C)c2cc3ccccc3nc21. The third-order valence-electron chi connectivity index (χ3n) is 3.49. The third-order valence-corrected chi connectivity index (χ3v) is 3.49. The van der Waals surface area contributed by atoms with Crippen molar-refractivity contribution in [3.05, 3.63) is 30.3 Å². The highest BCUT2D eigenvalue weighted by Gasteiger charge is 2.16. The number of fused-ring (bicyclic) bond motifs is 2. The lowest BCUT2D eigenvalue weighted by atomic mass is 10.2. The monoisotopic (exact) mass is 282 g/mol. The highest BCUT2D eigenvalue weighted by atomic mass is 16.1. The molecule has 1 aromatic carbocycles. The maximum Gasteiger partial charge on any atom is 0.228 e. The minimum Gasteiger partial charge on any atom is -0.308 e. The summed E-state index contributed by atoms with van der Waals surface area (Å²) < 4.78 is 1.82. The van der Waals surface area contributed by atoms with Crippen LogP contribution in [0.5, 0.6) is 0 Å². The topological polar surface area (TPSA) is 59.8 Å². The van der Waals surface area contributed by atoms with Crippen molar-refractivity contribution < 1.29 is 4.79 Å². The van der Waals surface area contributed by atoms with Crippen LogP contribution in [-0.2, 0) is 11.3 Å². The summed E-state index contributed by atoms with van der Waals surface area (Å²) in [6.07, 6.45) is 0. The van der Waals surface area contributed by atoms with Gasteiger partial charge < -0.3 is 5.32 Å². The lowest BCUT2D eigenvalue weighted by Gasteiger charge is -2.04. The molecule has 0 atom stereocenters. The van der Waals surface area contributed by atoms with E-state index in [9.17, 15) is 4.79 Å². The minimum atomic E-state index is -0.0831. The van der Waals surface area contributed by atoms with Gasteiger partial charge >= 0.3 is 0 Å². The molecule has 0 aliphatic heterocycles. The molecule has 0 radical (unpaired) electrons. The first-order valence-electron chi connectivity index (χ1n) is 7.17. The van der Waals surface area contributed by atoms with E-state index in [1.54, 1.807) is 0 Å². The molecule has 0 saturated carbocycles. The molecule has 108 valence electrons. The predicted octanol–water partition coefficient (Wildman–Crippen LogP) is 3.20. The van der Waals surface area contributed by atoms with Gasteiger partial charge in [0.2, 0.25) is 5.91 Å². The van der Waals surface area contributed by atoms with Gasteiger partial charge in [0.05, 0.1) is 10.9 Å². The Hall–Kier alpha value is -2.43. The van der Waals surface area contributed by atoms with Gasteiger partial charge in [-0.25, -0.2) is 9.67 Å². The summed E-state index contributed by atoms with van der Waals surface area (Å²) in [4.78, 5) is 16.6. The Morgan fingerprint density at radius 2 is 2.10 bits per heavy atom. The molecule has 0 unspecified atom stereocenters. The fourth-order valence-corrected chi connectivity index (χ4v) is 2.27. The predicted molar refractivity (Wildman–Crippen MR) is 84.2 cm³/mol. The highest BCUT2D eigenvalue weighted by Crippen LogP contribution is 2.26. The van der Waals surface area contributed by atoms with Crippen LogP contribution < -0.4 is 5.32 Å². The van der Waals surface area contributed by atoms with E-state index < -0.39 is 0 Å². The molecule has 0 bridgehead atoms. The molecule has 1 N–H and O–H groups in total. The second-order valence-electron chi connectivity index (χ2n) is 5.36. The smallest absolute Gasteiger partial charge is 0.228 e. The van der Waals surface area contributed by atoms with Gasteiger partial charge in [-0.2, -0.15) is 5.10 Å². The molecule has 0 saturated heterocycles. The number of anilines is 1. The van der Waals surface area contributed by atoms with Gasteiger partial charge in [0.25, 0.3) is 0 Å². The molecule has 0 fully saturated rings. The first kappa shape index (κ1) is 13.5. The van der Waals surface area contributed by atoms with Crippen LogP contribution in [0.1, 0.15) is 20.8 Å².